The lowest BCUT2D eigenvalue weighted by Gasteiger charge is -2.50. The first kappa shape index (κ1) is 29.1. The molecule has 0 unspecified atom stereocenters. The first-order valence-electron chi connectivity index (χ1n) is 14.1. The highest BCUT2D eigenvalue weighted by Gasteiger charge is 2.64. The van der Waals surface area contributed by atoms with Crippen LogP contribution in [-0.4, -0.2) is 101 Å². The minimum absolute atomic E-state index is 0.0607. The molecule has 4 aliphatic carbocycles. The average molecular weight is 569 g/mol. The van der Waals surface area contributed by atoms with E-state index in [4.69, 9.17) is 5.73 Å². The summed E-state index contributed by atoms with van der Waals surface area (Å²) >= 11 is 0. The Morgan fingerprint density at radius 2 is 1.76 bits per heavy atom. The van der Waals surface area contributed by atoms with E-state index in [1.807, 2.05) is 26.0 Å². The fraction of sp³-hybridized carbons (Fsp3) is 0.567. The van der Waals surface area contributed by atoms with Crippen LogP contribution in [0.25, 0.3) is 5.76 Å². The Kier molecular flexibility index (Phi) is 7.20. The van der Waals surface area contributed by atoms with Crippen molar-refractivity contribution >= 4 is 28.9 Å². The molecule has 0 radical (unpaired) electrons. The smallest absolute Gasteiger partial charge is 0.255 e. The zero-order valence-corrected chi connectivity index (χ0v) is 24.3. The topological polar surface area (TPSA) is 168 Å². The molecule has 0 bridgehead atoms. The molecule has 0 heterocycles. The highest BCUT2D eigenvalue weighted by molar-refractivity contribution is 6.24. The van der Waals surface area contributed by atoms with E-state index in [2.05, 4.69) is 4.90 Å². The zero-order chi connectivity index (χ0) is 30.1. The molecule has 1 amide bonds. The van der Waals surface area contributed by atoms with Crippen molar-refractivity contribution in [2.45, 2.75) is 50.3 Å². The number of carbonyl (C=O) groups excluding carboxylic acids is 3. The molecule has 222 valence electrons. The molecule has 2 saturated carbocycles. The number of primary amides is 1. The van der Waals surface area contributed by atoms with Gasteiger partial charge in [0, 0.05) is 44.4 Å². The Labute approximate surface area is 239 Å². The molecule has 2 fully saturated rings. The van der Waals surface area contributed by atoms with Crippen LogP contribution in [0.5, 0.6) is 5.75 Å². The Morgan fingerprint density at radius 3 is 2.29 bits per heavy atom. The number of hydrogen-bond donors (Lipinski definition) is 5. The lowest BCUT2D eigenvalue weighted by molar-refractivity contribution is -0.153. The van der Waals surface area contributed by atoms with Crippen LogP contribution in [0, 0.1) is 17.8 Å². The van der Waals surface area contributed by atoms with Crippen molar-refractivity contribution in [2.24, 2.45) is 23.5 Å². The minimum atomic E-state index is -2.64. The van der Waals surface area contributed by atoms with Gasteiger partial charge in [0.1, 0.15) is 22.8 Å². The summed E-state index contributed by atoms with van der Waals surface area (Å²) in [6, 6.07) is 0.498. The maximum atomic E-state index is 14.0. The lowest BCUT2D eigenvalue weighted by atomic mass is 9.57. The first-order chi connectivity index (χ1) is 19.2. The van der Waals surface area contributed by atoms with E-state index < -0.39 is 58.0 Å². The van der Waals surface area contributed by atoms with Crippen molar-refractivity contribution in [1.29, 1.82) is 0 Å². The number of rotatable bonds is 7. The Morgan fingerprint density at radius 1 is 1.10 bits per heavy atom. The van der Waals surface area contributed by atoms with Gasteiger partial charge in [-0.05, 0) is 75.9 Å². The number of fused-ring (bicyclic) bond motifs is 3. The second kappa shape index (κ2) is 10.1. The van der Waals surface area contributed by atoms with E-state index in [-0.39, 0.29) is 29.7 Å². The van der Waals surface area contributed by atoms with Crippen molar-refractivity contribution < 1.29 is 34.8 Å². The number of ketones is 2. The second-order valence-electron chi connectivity index (χ2n) is 12.6. The summed E-state index contributed by atoms with van der Waals surface area (Å²) in [4.78, 5) is 45.1. The third kappa shape index (κ3) is 4.33. The average Bonchev–Trinajstić information content (AvgIpc) is 2.83. The van der Waals surface area contributed by atoms with Gasteiger partial charge in [0.05, 0.1) is 11.6 Å². The van der Waals surface area contributed by atoms with Gasteiger partial charge in [0.2, 0.25) is 5.78 Å². The third-order valence-corrected chi connectivity index (χ3v) is 9.45. The number of amides is 1. The van der Waals surface area contributed by atoms with Gasteiger partial charge < -0.3 is 36.0 Å². The second-order valence-corrected chi connectivity index (χ2v) is 12.6. The molecule has 4 atom stereocenters. The summed E-state index contributed by atoms with van der Waals surface area (Å²) in [7, 11) is 8.99. The number of phenolic OH excluding ortho intramolecular Hbond substituents is 1. The van der Waals surface area contributed by atoms with Crippen molar-refractivity contribution in [3.63, 3.8) is 0 Å². The van der Waals surface area contributed by atoms with Gasteiger partial charge in [-0.1, -0.05) is 6.42 Å². The molecule has 0 spiro atoms. The number of benzene rings is 1. The number of likely N-dealkylation sites (N-methyl/N-ethyl adjacent to an activating group) is 1. The van der Waals surface area contributed by atoms with E-state index >= 15 is 0 Å². The Balaban J connectivity index is 1.64. The van der Waals surface area contributed by atoms with Gasteiger partial charge in [-0.15, -0.1) is 0 Å². The number of Topliss-reactive ketones (excluding diaryl/α,β-unsaturated/α-hetero) is 2. The summed E-state index contributed by atoms with van der Waals surface area (Å²) < 4.78 is 0. The Bertz CT molecular complexity index is 1390. The van der Waals surface area contributed by atoms with Crippen LogP contribution in [0.3, 0.4) is 0 Å². The first-order valence-corrected chi connectivity index (χ1v) is 14.1. The number of phenols is 1. The van der Waals surface area contributed by atoms with E-state index in [0.717, 1.165) is 17.8 Å². The summed E-state index contributed by atoms with van der Waals surface area (Å²) in [6.07, 6.45) is 4.00. The van der Waals surface area contributed by atoms with Gasteiger partial charge in [-0.25, -0.2) is 0 Å². The molecule has 41 heavy (non-hydrogen) atoms. The zero-order valence-electron chi connectivity index (χ0n) is 24.3. The van der Waals surface area contributed by atoms with Crippen LogP contribution in [0.2, 0.25) is 0 Å². The number of aliphatic hydroxyl groups is 3. The van der Waals surface area contributed by atoms with Crippen molar-refractivity contribution in [2.75, 3.05) is 46.7 Å². The highest BCUT2D eigenvalue weighted by Crippen LogP contribution is 2.54. The van der Waals surface area contributed by atoms with Crippen molar-refractivity contribution in [1.82, 2.24) is 9.80 Å². The molecule has 0 saturated heterocycles. The van der Waals surface area contributed by atoms with Crippen LogP contribution in [-0.2, 0) is 27.3 Å². The molecular weight excluding hydrogens is 528 g/mol. The van der Waals surface area contributed by atoms with Crippen LogP contribution in [0.1, 0.15) is 42.4 Å². The fourth-order valence-corrected chi connectivity index (χ4v) is 7.52. The van der Waals surface area contributed by atoms with Crippen LogP contribution < -0.4 is 10.6 Å². The summed E-state index contributed by atoms with van der Waals surface area (Å²) in [5.74, 6) is -5.82. The van der Waals surface area contributed by atoms with Crippen LogP contribution in [0.15, 0.2) is 23.0 Å². The van der Waals surface area contributed by atoms with Gasteiger partial charge in [-0.2, -0.15) is 0 Å². The summed E-state index contributed by atoms with van der Waals surface area (Å²) in [5, 5.41) is 45.5. The van der Waals surface area contributed by atoms with Crippen LogP contribution in [0.4, 0.5) is 5.69 Å². The van der Waals surface area contributed by atoms with Gasteiger partial charge >= 0.3 is 0 Å². The molecular formula is C30H40N4O7. The maximum Gasteiger partial charge on any atom is 0.255 e. The predicted octanol–water partition coefficient (Wildman–Crippen LogP) is 1.26. The van der Waals surface area contributed by atoms with E-state index in [9.17, 15) is 34.8 Å². The molecule has 6 N–H and O–H groups in total. The van der Waals surface area contributed by atoms with E-state index in [1.165, 1.54) is 24.2 Å². The van der Waals surface area contributed by atoms with Crippen molar-refractivity contribution in [3.05, 3.63) is 39.7 Å². The monoisotopic (exact) mass is 568 g/mol. The molecule has 0 aromatic heterocycles. The number of nitrogens with two attached hydrogens (primary N) is 1. The largest absolute Gasteiger partial charge is 0.508 e. The van der Waals surface area contributed by atoms with Crippen molar-refractivity contribution in [3.8, 4) is 5.75 Å². The number of anilines is 1. The number of nitrogens with zero attached hydrogens (tertiary/aromatic N) is 3. The molecule has 5 rings (SSSR count). The lowest BCUT2D eigenvalue weighted by Crippen LogP contribution is -2.65. The molecule has 11 nitrogen and oxygen atoms in total. The van der Waals surface area contributed by atoms with Gasteiger partial charge in [-0.3, -0.25) is 19.3 Å². The number of aromatic hydroxyl groups is 1. The maximum absolute atomic E-state index is 14.0. The quantitative estimate of drug-likeness (QED) is 0.302. The van der Waals surface area contributed by atoms with E-state index in [0.29, 0.717) is 18.0 Å². The SMILES string of the molecule is CN(Cc1cc(O)c2c(c1N(C)C)C[C@H]1C[C@H]3[C@H](N(C)C)C(=O)C(C(N)=O)=C(O)[C@@]3(O)C(=O)C1=C2O)CC1CCC1. The number of carbonyl (C=O) groups is 3. The Hall–Kier alpha value is -3.41. The number of aliphatic hydroxyl groups excluding tert-OH is 2. The third-order valence-electron chi connectivity index (χ3n) is 9.45. The predicted molar refractivity (Wildman–Crippen MR) is 152 cm³/mol. The highest BCUT2D eigenvalue weighted by atomic mass is 16.3. The minimum Gasteiger partial charge on any atom is -0.508 e. The molecule has 4 aliphatic rings. The summed E-state index contributed by atoms with van der Waals surface area (Å²) in [6.45, 7) is 1.53. The molecule has 0 aliphatic heterocycles. The standard InChI is InChI=1S/C30H40N4O7/c1-32(2)23-16(13-34(5)12-14-7-6-8-14)11-19(35)21-17(23)9-15-10-18-24(33(3)4)26(37)22(29(31)40)28(39)30(18,41)27(38)20(15)25(21)36/h11,14-15,18,24,35-36,39,41H,6-10,12-13H2,1-5H3,(H2,31,40)/t15-,18-,24-,30-/m0/s1. The van der Waals surface area contributed by atoms with Gasteiger partial charge in [0.15, 0.2) is 11.4 Å². The molecule has 1 aromatic rings. The molecule has 1 aromatic carbocycles. The normalized spacial score (nSPS) is 28.0. The van der Waals surface area contributed by atoms with Crippen LogP contribution >= 0.6 is 0 Å². The van der Waals surface area contributed by atoms with Gasteiger partial charge in [0.25, 0.3) is 5.91 Å². The van der Waals surface area contributed by atoms with E-state index in [1.54, 1.807) is 20.2 Å². The fourth-order valence-electron chi connectivity index (χ4n) is 7.52. The number of hydrogen-bond acceptors (Lipinski definition) is 10. The summed E-state index contributed by atoms with van der Waals surface area (Å²) in [5.41, 5.74) is 4.28. The molecule has 11 heteroatoms.